The third-order valence-corrected chi connectivity index (χ3v) is 3.65. The van der Waals surface area contributed by atoms with E-state index in [0.29, 0.717) is 29.8 Å². The van der Waals surface area contributed by atoms with Crippen LogP contribution in [-0.2, 0) is 15.1 Å². The molecule has 1 aliphatic carbocycles. The zero-order valence-electron chi connectivity index (χ0n) is 9.41. The van der Waals surface area contributed by atoms with Gasteiger partial charge in [-0.1, -0.05) is 29.8 Å². The van der Waals surface area contributed by atoms with Crippen molar-refractivity contribution >= 4 is 23.8 Å². The first-order valence-corrected chi connectivity index (χ1v) is 6.08. The van der Waals surface area contributed by atoms with Crippen molar-refractivity contribution in [3.63, 3.8) is 0 Å². The van der Waals surface area contributed by atoms with Gasteiger partial charge in [0.15, 0.2) is 5.78 Å². The average Bonchev–Trinajstić information content (AvgIpc) is 2.33. The fourth-order valence-electron chi connectivity index (χ4n) is 2.45. The number of rotatable bonds is 3. The molecule has 0 bridgehead atoms. The van der Waals surface area contributed by atoms with E-state index in [1.54, 1.807) is 6.07 Å². The number of ketones is 1. The number of carbonyl (C=O) groups is 2. The smallest absolute Gasteiger partial charge is 0.208 e. The van der Waals surface area contributed by atoms with Gasteiger partial charge < -0.3 is 5.32 Å². The fourth-order valence-corrected chi connectivity index (χ4v) is 2.75. The van der Waals surface area contributed by atoms with Gasteiger partial charge >= 0.3 is 0 Å². The summed E-state index contributed by atoms with van der Waals surface area (Å²) in [7, 11) is 0. The second-order valence-corrected chi connectivity index (χ2v) is 4.68. The summed E-state index contributed by atoms with van der Waals surface area (Å²) >= 11 is 6.14. The maximum atomic E-state index is 12.2. The molecule has 3 nitrogen and oxygen atoms in total. The highest BCUT2D eigenvalue weighted by atomic mass is 35.5. The summed E-state index contributed by atoms with van der Waals surface area (Å²) in [6.45, 7) is 0. The number of halogens is 1. The van der Waals surface area contributed by atoms with E-state index in [0.717, 1.165) is 12.8 Å². The molecule has 1 amide bonds. The summed E-state index contributed by atoms with van der Waals surface area (Å²) in [4.78, 5) is 23.0. The molecule has 0 saturated heterocycles. The summed E-state index contributed by atoms with van der Waals surface area (Å²) in [5, 5.41) is 3.22. The van der Waals surface area contributed by atoms with Gasteiger partial charge in [0.2, 0.25) is 6.41 Å². The monoisotopic (exact) mass is 251 g/mol. The van der Waals surface area contributed by atoms with E-state index >= 15 is 0 Å². The van der Waals surface area contributed by atoms with Crippen molar-refractivity contribution in [3.8, 4) is 0 Å². The van der Waals surface area contributed by atoms with Gasteiger partial charge in [0.1, 0.15) is 5.54 Å². The van der Waals surface area contributed by atoms with Crippen LogP contribution in [0.2, 0.25) is 5.02 Å². The van der Waals surface area contributed by atoms with Crippen LogP contribution in [0, 0.1) is 0 Å². The molecule has 0 radical (unpaired) electrons. The Morgan fingerprint density at radius 2 is 2.06 bits per heavy atom. The van der Waals surface area contributed by atoms with E-state index < -0.39 is 5.54 Å². The van der Waals surface area contributed by atoms with E-state index in [1.165, 1.54) is 0 Å². The topological polar surface area (TPSA) is 46.2 Å². The van der Waals surface area contributed by atoms with Crippen LogP contribution in [0.3, 0.4) is 0 Å². The molecule has 1 saturated carbocycles. The van der Waals surface area contributed by atoms with Crippen LogP contribution in [0.4, 0.5) is 0 Å². The summed E-state index contributed by atoms with van der Waals surface area (Å²) in [6.07, 6.45) is 3.50. The SMILES string of the molecule is O=CN[C@]1(c2ccccc2Cl)CCCCC1=O. The van der Waals surface area contributed by atoms with Crippen molar-refractivity contribution in [3.05, 3.63) is 34.9 Å². The molecule has 0 heterocycles. The van der Waals surface area contributed by atoms with Crippen LogP contribution < -0.4 is 5.32 Å². The Balaban J connectivity index is 2.50. The minimum absolute atomic E-state index is 0.0453. The van der Waals surface area contributed by atoms with Gasteiger partial charge in [0, 0.05) is 17.0 Å². The van der Waals surface area contributed by atoms with Crippen LogP contribution in [0.25, 0.3) is 0 Å². The largest absolute Gasteiger partial charge is 0.342 e. The van der Waals surface area contributed by atoms with Gasteiger partial charge in [0.25, 0.3) is 0 Å². The Labute approximate surface area is 105 Å². The van der Waals surface area contributed by atoms with Crippen molar-refractivity contribution in [2.24, 2.45) is 0 Å². The molecule has 1 aliphatic rings. The standard InChI is InChI=1S/C13H14ClNO2/c14-11-6-2-1-5-10(11)13(15-9-16)8-4-3-7-12(13)17/h1-2,5-6,9H,3-4,7-8H2,(H,15,16)/t13-/m0/s1. The Morgan fingerprint density at radius 1 is 1.29 bits per heavy atom. The Bertz CT molecular complexity index is 447. The predicted molar refractivity (Wildman–Crippen MR) is 65.8 cm³/mol. The first-order chi connectivity index (χ1) is 8.20. The van der Waals surface area contributed by atoms with Crippen molar-refractivity contribution in [2.75, 3.05) is 0 Å². The second-order valence-electron chi connectivity index (χ2n) is 4.28. The zero-order chi connectivity index (χ0) is 12.3. The molecule has 2 rings (SSSR count). The van der Waals surface area contributed by atoms with Gasteiger partial charge in [0.05, 0.1) is 0 Å². The van der Waals surface area contributed by atoms with Crippen molar-refractivity contribution in [1.82, 2.24) is 5.32 Å². The van der Waals surface area contributed by atoms with Crippen molar-refractivity contribution in [2.45, 2.75) is 31.2 Å². The van der Waals surface area contributed by atoms with Crippen molar-refractivity contribution in [1.29, 1.82) is 0 Å². The number of Topliss-reactive ketones (excluding diaryl/α,β-unsaturated/α-hetero) is 1. The fraction of sp³-hybridized carbons (Fsp3) is 0.385. The average molecular weight is 252 g/mol. The Kier molecular flexibility index (Phi) is 3.48. The molecule has 0 spiro atoms. The summed E-state index contributed by atoms with van der Waals surface area (Å²) in [5.74, 6) is 0.0453. The van der Waals surface area contributed by atoms with Crippen LogP contribution in [0.1, 0.15) is 31.2 Å². The van der Waals surface area contributed by atoms with E-state index in [9.17, 15) is 9.59 Å². The minimum Gasteiger partial charge on any atom is -0.342 e. The molecule has 17 heavy (non-hydrogen) atoms. The van der Waals surface area contributed by atoms with Gasteiger partial charge in [-0.15, -0.1) is 0 Å². The third-order valence-electron chi connectivity index (χ3n) is 3.32. The Hall–Kier alpha value is -1.35. The quantitative estimate of drug-likeness (QED) is 0.839. The zero-order valence-corrected chi connectivity index (χ0v) is 10.2. The highest BCUT2D eigenvalue weighted by Gasteiger charge is 2.42. The van der Waals surface area contributed by atoms with E-state index in [1.807, 2.05) is 18.2 Å². The number of benzene rings is 1. The number of nitrogens with one attached hydrogen (secondary N) is 1. The second kappa shape index (κ2) is 4.88. The van der Waals surface area contributed by atoms with Gasteiger partial charge in [-0.3, -0.25) is 9.59 Å². The first-order valence-electron chi connectivity index (χ1n) is 5.70. The minimum atomic E-state index is -0.918. The summed E-state index contributed by atoms with van der Waals surface area (Å²) in [6, 6.07) is 7.19. The molecular formula is C13H14ClNO2. The molecule has 1 aromatic carbocycles. The number of carbonyl (C=O) groups excluding carboxylic acids is 2. The number of amides is 1. The number of hydrogen-bond donors (Lipinski definition) is 1. The third kappa shape index (κ3) is 2.07. The highest BCUT2D eigenvalue weighted by molar-refractivity contribution is 6.31. The maximum Gasteiger partial charge on any atom is 0.208 e. The lowest BCUT2D eigenvalue weighted by Gasteiger charge is -2.36. The lowest BCUT2D eigenvalue weighted by atomic mass is 9.75. The van der Waals surface area contributed by atoms with E-state index in [-0.39, 0.29) is 5.78 Å². The lowest BCUT2D eigenvalue weighted by Crippen LogP contribution is -2.50. The van der Waals surface area contributed by atoms with Crippen LogP contribution in [0.5, 0.6) is 0 Å². The molecular weight excluding hydrogens is 238 g/mol. The molecule has 1 aromatic rings. The molecule has 4 heteroatoms. The van der Waals surface area contributed by atoms with E-state index in [4.69, 9.17) is 11.6 Å². The van der Waals surface area contributed by atoms with E-state index in [2.05, 4.69) is 5.32 Å². The van der Waals surface area contributed by atoms with Gasteiger partial charge in [-0.25, -0.2) is 0 Å². The predicted octanol–water partition coefficient (Wildman–Crippen LogP) is 2.42. The lowest BCUT2D eigenvalue weighted by molar-refractivity contribution is -0.130. The van der Waals surface area contributed by atoms with Gasteiger partial charge in [-0.05, 0) is 25.3 Å². The van der Waals surface area contributed by atoms with Crippen LogP contribution in [-0.4, -0.2) is 12.2 Å². The van der Waals surface area contributed by atoms with Crippen LogP contribution in [0.15, 0.2) is 24.3 Å². The molecule has 0 unspecified atom stereocenters. The first kappa shape index (κ1) is 12.1. The molecule has 0 aromatic heterocycles. The molecule has 90 valence electrons. The van der Waals surface area contributed by atoms with Crippen LogP contribution >= 0.6 is 11.6 Å². The molecule has 0 aliphatic heterocycles. The van der Waals surface area contributed by atoms with Crippen molar-refractivity contribution < 1.29 is 9.59 Å². The highest BCUT2D eigenvalue weighted by Crippen LogP contribution is 2.37. The maximum absolute atomic E-state index is 12.2. The summed E-state index contributed by atoms with van der Waals surface area (Å²) < 4.78 is 0. The Morgan fingerprint density at radius 3 is 2.71 bits per heavy atom. The number of hydrogen-bond acceptors (Lipinski definition) is 2. The molecule has 1 fully saturated rings. The molecule has 1 atom stereocenters. The normalized spacial score (nSPS) is 24.4. The molecule has 1 N–H and O–H groups in total. The summed E-state index contributed by atoms with van der Waals surface area (Å²) in [5.41, 5.74) is -0.211. The van der Waals surface area contributed by atoms with Gasteiger partial charge in [-0.2, -0.15) is 0 Å².